The zero-order chi connectivity index (χ0) is 12.7. The van der Waals surface area contributed by atoms with E-state index in [0.717, 1.165) is 17.3 Å². The van der Waals surface area contributed by atoms with Gasteiger partial charge in [-0.2, -0.15) is 0 Å². The molecule has 1 atom stereocenters. The van der Waals surface area contributed by atoms with Crippen LogP contribution in [0.3, 0.4) is 0 Å². The molecule has 17 heavy (non-hydrogen) atoms. The molecule has 5 nitrogen and oxygen atoms in total. The van der Waals surface area contributed by atoms with Gasteiger partial charge in [0.05, 0.1) is 0 Å². The number of hydrogen-bond acceptors (Lipinski definition) is 5. The zero-order valence-electron chi connectivity index (χ0n) is 9.04. The number of thioether (sulfide) groups is 1. The summed E-state index contributed by atoms with van der Waals surface area (Å²) in [5.74, 6) is -0.701. The molecule has 0 amide bonds. The number of ether oxygens (including phenoxy) is 1. The van der Waals surface area contributed by atoms with Crippen molar-refractivity contribution < 1.29 is 19.4 Å². The van der Waals surface area contributed by atoms with Crippen LogP contribution in [0, 0.1) is 0 Å². The molecule has 6 heteroatoms. The first kappa shape index (κ1) is 13.5. The molecule has 0 spiro atoms. The van der Waals surface area contributed by atoms with E-state index in [4.69, 9.17) is 15.6 Å². The van der Waals surface area contributed by atoms with Crippen molar-refractivity contribution in [2.45, 2.75) is 11.8 Å². The van der Waals surface area contributed by atoms with Crippen molar-refractivity contribution in [3.05, 3.63) is 35.9 Å². The predicted octanol–water partition coefficient (Wildman–Crippen LogP) is 1.47. The monoisotopic (exact) mass is 255 g/mol. The zero-order valence-corrected chi connectivity index (χ0v) is 9.85. The average molecular weight is 255 g/mol. The molecule has 3 N–H and O–H groups in total. The minimum atomic E-state index is -1.19. The lowest BCUT2D eigenvalue weighted by Gasteiger charge is -2.07. The molecule has 92 valence electrons. The topological polar surface area (TPSA) is 89.6 Å². The highest BCUT2D eigenvalue weighted by molar-refractivity contribution is 8.12. The SMILES string of the molecule is NC(COC(=O)SCc1ccccc1)C(=O)O. The third-order valence-electron chi connectivity index (χ3n) is 1.90. The van der Waals surface area contributed by atoms with Crippen molar-refractivity contribution in [2.24, 2.45) is 5.73 Å². The fourth-order valence-electron chi connectivity index (χ4n) is 0.987. The Hall–Kier alpha value is -1.53. The summed E-state index contributed by atoms with van der Waals surface area (Å²) in [5, 5.41) is 7.96. The molecule has 0 fully saturated rings. The van der Waals surface area contributed by atoms with Gasteiger partial charge in [-0.3, -0.25) is 4.79 Å². The number of carboxylic acid groups (broad SMARTS) is 1. The molecule has 0 bridgehead atoms. The van der Waals surface area contributed by atoms with Gasteiger partial charge in [-0.1, -0.05) is 30.3 Å². The van der Waals surface area contributed by atoms with E-state index in [1.165, 1.54) is 0 Å². The van der Waals surface area contributed by atoms with Crippen molar-refractivity contribution in [1.82, 2.24) is 0 Å². The molecule has 0 aliphatic carbocycles. The van der Waals surface area contributed by atoms with Crippen LogP contribution in [0.4, 0.5) is 4.79 Å². The summed E-state index contributed by atoms with van der Waals surface area (Å²) in [5.41, 5.74) is 6.18. The van der Waals surface area contributed by atoms with Crippen molar-refractivity contribution in [3.8, 4) is 0 Å². The fraction of sp³-hybridized carbons (Fsp3) is 0.273. The second-order valence-electron chi connectivity index (χ2n) is 3.28. The van der Waals surface area contributed by atoms with Gasteiger partial charge >= 0.3 is 11.3 Å². The summed E-state index contributed by atoms with van der Waals surface area (Å²) in [6, 6.07) is 8.25. The van der Waals surface area contributed by atoms with Gasteiger partial charge in [0.1, 0.15) is 12.6 Å². The molecule has 1 rings (SSSR count). The molecule has 1 aromatic carbocycles. The van der Waals surface area contributed by atoms with Crippen LogP contribution in [-0.2, 0) is 15.3 Å². The Morgan fingerprint density at radius 1 is 1.35 bits per heavy atom. The number of rotatable bonds is 5. The maximum absolute atomic E-state index is 11.2. The van der Waals surface area contributed by atoms with E-state index in [1.54, 1.807) is 0 Å². The van der Waals surface area contributed by atoms with E-state index in [2.05, 4.69) is 0 Å². The van der Waals surface area contributed by atoms with Crippen LogP contribution in [-0.4, -0.2) is 29.0 Å². The number of carbonyl (C=O) groups is 2. The lowest BCUT2D eigenvalue weighted by molar-refractivity contribution is -0.139. The quantitative estimate of drug-likeness (QED) is 0.774. The summed E-state index contributed by atoms with van der Waals surface area (Å²) < 4.78 is 4.71. The van der Waals surface area contributed by atoms with E-state index in [0.29, 0.717) is 5.75 Å². The highest BCUT2D eigenvalue weighted by Gasteiger charge is 2.14. The van der Waals surface area contributed by atoms with Gasteiger partial charge in [0.2, 0.25) is 0 Å². The predicted molar refractivity (Wildman–Crippen MR) is 64.7 cm³/mol. The average Bonchev–Trinajstić information content (AvgIpc) is 2.34. The van der Waals surface area contributed by atoms with Crippen LogP contribution in [0.1, 0.15) is 5.56 Å². The van der Waals surface area contributed by atoms with Crippen LogP contribution >= 0.6 is 11.8 Å². The lowest BCUT2D eigenvalue weighted by Crippen LogP contribution is -2.35. The number of aliphatic carboxylic acids is 1. The largest absolute Gasteiger partial charge is 0.480 e. The minimum absolute atomic E-state index is 0.310. The molecule has 0 saturated heterocycles. The molecule has 1 aromatic rings. The van der Waals surface area contributed by atoms with Crippen molar-refractivity contribution in [3.63, 3.8) is 0 Å². The standard InChI is InChI=1S/C11H13NO4S/c12-9(10(13)14)6-16-11(15)17-7-8-4-2-1-3-5-8/h1-5,9H,6-7,12H2,(H,13,14). The molecular weight excluding hydrogens is 242 g/mol. The highest BCUT2D eigenvalue weighted by atomic mass is 32.2. The van der Waals surface area contributed by atoms with Crippen LogP contribution in [0.5, 0.6) is 0 Å². The van der Waals surface area contributed by atoms with E-state index in [9.17, 15) is 9.59 Å². The van der Waals surface area contributed by atoms with Gasteiger partial charge in [0, 0.05) is 5.75 Å². The number of carboxylic acids is 1. The maximum atomic E-state index is 11.2. The number of benzene rings is 1. The summed E-state index contributed by atoms with van der Waals surface area (Å²) in [4.78, 5) is 21.6. The molecule has 0 saturated carbocycles. The number of hydrogen-bond donors (Lipinski definition) is 2. The summed E-state index contributed by atoms with van der Waals surface area (Å²) in [7, 11) is 0. The molecule has 1 unspecified atom stereocenters. The number of nitrogens with two attached hydrogens (primary N) is 1. The minimum Gasteiger partial charge on any atom is -0.480 e. The first-order valence-electron chi connectivity index (χ1n) is 4.91. The smallest absolute Gasteiger partial charge is 0.367 e. The second-order valence-corrected chi connectivity index (χ2v) is 4.19. The summed E-state index contributed by atoms with van der Waals surface area (Å²) in [6.45, 7) is -0.310. The molecule has 0 aliphatic heterocycles. The van der Waals surface area contributed by atoms with Gasteiger partial charge in [0.15, 0.2) is 0 Å². The normalized spacial score (nSPS) is 11.8. The van der Waals surface area contributed by atoms with Crippen LogP contribution in [0.2, 0.25) is 0 Å². The van der Waals surface area contributed by atoms with Gasteiger partial charge in [-0.05, 0) is 17.3 Å². The summed E-state index contributed by atoms with van der Waals surface area (Å²) in [6.07, 6.45) is 0. The van der Waals surface area contributed by atoms with Crippen LogP contribution in [0.15, 0.2) is 30.3 Å². The third kappa shape index (κ3) is 5.37. The molecule has 0 heterocycles. The third-order valence-corrected chi connectivity index (χ3v) is 2.73. The first-order valence-corrected chi connectivity index (χ1v) is 5.90. The Kier molecular flexibility index (Phi) is 5.51. The van der Waals surface area contributed by atoms with Gasteiger partial charge in [-0.15, -0.1) is 0 Å². The van der Waals surface area contributed by atoms with E-state index in [-0.39, 0.29) is 6.61 Å². The fourth-order valence-corrected chi connectivity index (χ4v) is 1.62. The van der Waals surface area contributed by atoms with Crippen molar-refractivity contribution in [2.75, 3.05) is 6.61 Å². The number of carbonyl (C=O) groups excluding carboxylic acids is 1. The van der Waals surface area contributed by atoms with Crippen molar-refractivity contribution in [1.29, 1.82) is 0 Å². The van der Waals surface area contributed by atoms with Crippen LogP contribution in [0.25, 0.3) is 0 Å². The van der Waals surface area contributed by atoms with Gasteiger partial charge in [0.25, 0.3) is 0 Å². The molecule has 0 radical (unpaired) electrons. The Morgan fingerprint density at radius 3 is 2.59 bits per heavy atom. The Labute approximate surface area is 103 Å². The lowest BCUT2D eigenvalue weighted by atomic mass is 10.2. The van der Waals surface area contributed by atoms with Gasteiger partial charge in [-0.25, -0.2) is 4.79 Å². The Morgan fingerprint density at radius 2 is 2.00 bits per heavy atom. The Balaban J connectivity index is 2.24. The Bertz CT molecular complexity index is 382. The van der Waals surface area contributed by atoms with E-state index < -0.39 is 17.3 Å². The molecule has 0 aromatic heterocycles. The molecule has 0 aliphatic rings. The highest BCUT2D eigenvalue weighted by Crippen LogP contribution is 2.14. The van der Waals surface area contributed by atoms with Gasteiger partial charge < -0.3 is 15.6 Å². The molecular formula is C11H13NO4S. The summed E-state index contributed by atoms with van der Waals surface area (Å²) >= 11 is 0.974. The second kappa shape index (κ2) is 6.93. The first-order chi connectivity index (χ1) is 8.09. The van der Waals surface area contributed by atoms with E-state index >= 15 is 0 Å². The van der Waals surface area contributed by atoms with Crippen molar-refractivity contribution >= 4 is 23.0 Å². The van der Waals surface area contributed by atoms with Crippen LogP contribution < -0.4 is 5.73 Å². The maximum Gasteiger partial charge on any atom is 0.367 e. The van der Waals surface area contributed by atoms with E-state index in [1.807, 2.05) is 30.3 Å².